The molecule has 2 unspecified atom stereocenters. The Labute approximate surface area is 202 Å². The highest BCUT2D eigenvalue weighted by Gasteiger charge is 2.26. The fourth-order valence-corrected chi connectivity index (χ4v) is 4.93. The number of morpholine rings is 1. The normalized spacial score (nSPS) is 18.4. The number of aryl methyl sites for hydroxylation is 2. The second-order valence-electron chi connectivity index (χ2n) is 8.31. The van der Waals surface area contributed by atoms with E-state index in [0.29, 0.717) is 30.4 Å². The molecule has 2 aromatic heterocycles. The highest BCUT2D eigenvalue weighted by molar-refractivity contribution is 7.18. The molecule has 0 saturated carbocycles. The molecule has 0 bridgehead atoms. The molecule has 1 aliphatic rings. The second kappa shape index (κ2) is 10.4. The molecule has 3 heterocycles. The molecule has 1 amide bonds. The Balaban J connectivity index is 1.40. The van der Waals surface area contributed by atoms with Crippen LogP contribution in [0.1, 0.15) is 29.9 Å². The molecule has 1 aromatic carbocycles. The average Bonchev–Trinajstić information content (AvgIpc) is 3.11. The third-order valence-electron chi connectivity index (χ3n) is 5.66. The summed E-state index contributed by atoms with van der Waals surface area (Å²) in [6.45, 7) is 9.12. The van der Waals surface area contributed by atoms with Gasteiger partial charge in [-0.3, -0.25) is 10.2 Å². The number of carbonyl (C=O) groups excluding carboxylic acids is 1. The monoisotopic (exact) mass is 483 g/mol. The van der Waals surface area contributed by atoms with E-state index < -0.39 is 0 Å². The van der Waals surface area contributed by atoms with Gasteiger partial charge in [0.05, 0.1) is 30.9 Å². The van der Waals surface area contributed by atoms with Crippen molar-refractivity contribution in [3.63, 3.8) is 0 Å². The van der Waals surface area contributed by atoms with E-state index in [1.165, 1.54) is 11.2 Å². The van der Waals surface area contributed by atoms with Crippen LogP contribution in [0, 0.1) is 13.8 Å². The van der Waals surface area contributed by atoms with Gasteiger partial charge in [0.2, 0.25) is 0 Å². The molecule has 180 valence electrons. The lowest BCUT2D eigenvalue weighted by Gasteiger charge is -2.35. The van der Waals surface area contributed by atoms with Crippen molar-refractivity contribution in [2.24, 2.45) is 5.10 Å². The lowest BCUT2D eigenvalue weighted by molar-refractivity contribution is -0.145. The quantitative estimate of drug-likeness (QED) is 0.403. The molecule has 4 rings (SSSR count). The van der Waals surface area contributed by atoms with Crippen LogP contribution in [-0.2, 0) is 9.53 Å². The van der Waals surface area contributed by atoms with Crippen LogP contribution in [0.5, 0.6) is 11.5 Å². The number of hydrogen-bond donors (Lipinski definition) is 1. The lowest BCUT2D eigenvalue weighted by Crippen LogP contribution is -2.49. The fourth-order valence-electron chi connectivity index (χ4n) is 3.93. The van der Waals surface area contributed by atoms with Crippen molar-refractivity contribution in [3.05, 3.63) is 40.5 Å². The maximum atomic E-state index is 12.6. The van der Waals surface area contributed by atoms with Crippen molar-refractivity contribution in [3.8, 4) is 11.5 Å². The van der Waals surface area contributed by atoms with Crippen LogP contribution >= 0.6 is 11.3 Å². The number of anilines is 1. The summed E-state index contributed by atoms with van der Waals surface area (Å²) in [6, 6.07) is 5.43. The number of ether oxygens (including phenoxy) is 3. The van der Waals surface area contributed by atoms with Gasteiger partial charge in [-0.15, -0.1) is 11.3 Å². The summed E-state index contributed by atoms with van der Waals surface area (Å²) in [5, 5.41) is 5.32. The largest absolute Gasteiger partial charge is 0.493 e. The summed E-state index contributed by atoms with van der Waals surface area (Å²) < 4.78 is 16.9. The van der Waals surface area contributed by atoms with E-state index in [1.54, 1.807) is 41.7 Å². The topological polar surface area (TPSA) is 98.2 Å². The average molecular weight is 484 g/mol. The number of fused-ring (bicyclic) bond motifs is 1. The zero-order valence-corrected chi connectivity index (χ0v) is 20.8. The lowest BCUT2D eigenvalue weighted by atomic mass is 10.2. The molecule has 10 heteroatoms. The van der Waals surface area contributed by atoms with Gasteiger partial charge in [-0.2, -0.15) is 5.10 Å². The van der Waals surface area contributed by atoms with Gasteiger partial charge in [-0.05, 0) is 57.0 Å². The van der Waals surface area contributed by atoms with E-state index in [1.807, 2.05) is 19.9 Å². The predicted molar refractivity (Wildman–Crippen MR) is 133 cm³/mol. The fraction of sp³-hybridized carbons (Fsp3) is 0.417. The number of amides is 1. The van der Waals surface area contributed by atoms with Crippen LogP contribution in [-0.4, -0.2) is 66.0 Å². The molecule has 34 heavy (non-hydrogen) atoms. The van der Waals surface area contributed by atoms with Crippen LogP contribution in [0.2, 0.25) is 0 Å². The molecule has 2 atom stereocenters. The first kappa shape index (κ1) is 23.9. The van der Waals surface area contributed by atoms with Gasteiger partial charge in [0.25, 0.3) is 5.91 Å². The number of thiophene rings is 1. The Morgan fingerprint density at radius 1 is 1.26 bits per heavy atom. The summed E-state index contributed by atoms with van der Waals surface area (Å²) in [5.74, 6) is 1.61. The standard InChI is InChI=1S/C24H29N5O4S/c1-14-10-29(11-15(2)33-14)21(30)12-32-19-7-6-18(8-20(19)31-5)9-27-28-23-22-16(3)17(4)34-24(22)26-13-25-23/h6-9,13-15H,10-12H2,1-5H3,(H,25,26,28)/b27-9+. The minimum Gasteiger partial charge on any atom is -0.493 e. The third kappa shape index (κ3) is 5.28. The Kier molecular flexibility index (Phi) is 7.28. The number of methoxy groups -OCH3 is 1. The van der Waals surface area contributed by atoms with Crippen molar-refractivity contribution in [2.45, 2.75) is 39.9 Å². The van der Waals surface area contributed by atoms with Gasteiger partial charge in [0.1, 0.15) is 11.2 Å². The number of benzene rings is 1. The van der Waals surface area contributed by atoms with Gasteiger partial charge in [0, 0.05) is 18.0 Å². The molecular weight excluding hydrogens is 454 g/mol. The Bertz CT molecular complexity index is 1200. The summed E-state index contributed by atoms with van der Waals surface area (Å²) in [6.07, 6.45) is 3.24. The second-order valence-corrected chi connectivity index (χ2v) is 9.51. The zero-order chi connectivity index (χ0) is 24.2. The number of hydrazone groups is 1. The molecule has 0 radical (unpaired) electrons. The molecule has 9 nitrogen and oxygen atoms in total. The molecule has 3 aromatic rings. The highest BCUT2D eigenvalue weighted by Crippen LogP contribution is 2.32. The van der Waals surface area contributed by atoms with Crippen molar-refractivity contribution in [1.29, 1.82) is 0 Å². The zero-order valence-electron chi connectivity index (χ0n) is 20.0. The van der Waals surface area contributed by atoms with Gasteiger partial charge < -0.3 is 19.1 Å². The first-order chi connectivity index (χ1) is 16.4. The van der Waals surface area contributed by atoms with Crippen molar-refractivity contribution in [2.75, 3.05) is 32.2 Å². The van der Waals surface area contributed by atoms with Crippen LogP contribution in [0.3, 0.4) is 0 Å². The maximum absolute atomic E-state index is 12.6. The van der Waals surface area contributed by atoms with E-state index in [-0.39, 0.29) is 24.7 Å². The number of hydrogen-bond acceptors (Lipinski definition) is 9. The van der Waals surface area contributed by atoms with Crippen molar-refractivity contribution in [1.82, 2.24) is 14.9 Å². The highest BCUT2D eigenvalue weighted by atomic mass is 32.1. The number of aromatic nitrogens is 2. The molecule has 0 spiro atoms. The molecule has 1 saturated heterocycles. The first-order valence-electron chi connectivity index (χ1n) is 11.1. The minimum atomic E-state index is -0.0750. The summed E-state index contributed by atoms with van der Waals surface area (Å²) in [5.41, 5.74) is 4.98. The van der Waals surface area contributed by atoms with Crippen LogP contribution < -0.4 is 14.9 Å². The Morgan fingerprint density at radius 2 is 2.03 bits per heavy atom. The molecule has 1 N–H and O–H groups in total. The number of nitrogens with one attached hydrogen (secondary N) is 1. The first-order valence-corrected chi connectivity index (χ1v) is 11.9. The number of nitrogens with zero attached hydrogens (tertiary/aromatic N) is 4. The SMILES string of the molecule is COc1cc(/C=N/Nc2ncnc3sc(C)c(C)c23)ccc1OCC(=O)N1CC(C)OC(C)C1. The van der Waals surface area contributed by atoms with Gasteiger partial charge in [-0.1, -0.05) is 0 Å². The summed E-state index contributed by atoms with van der Waals surface area (Å²) >= 11 is 1.64. The summed E-state index contributed by atoms with van der Waals surface area (Å²) in [4.78, 5) is 25.2. The van der Waals surface area contributed by atoms with E-state index in [0.717, 1.165) is 21.3 Å². The van der Waals surface area contributed by atoms with E-state index in [4.69, 9.17) is 14.2 Å². The van der Waals surface area contributed by atoms with Crippen LogP contribution in [0.25, 0.3) is 10.2 Å². The summed E-state index contributed by atoms with van der Waals surface area (Å²) in [7, 11) is 1.56. The molecular formula is C24H29N5O4S. The van der Waals surface area contributed by atoms with Crippen LogP contribution in [0.4, 0.5) is 5.82 Å². The van der Waals surface area contributed by atoms with E-state index in [2.05, 4.69) is 34.3 Å². The number of carbonyl (C=O) groups is 1. The maximum Gasteiger partial charge on any atom is 0.260 e. The van der Waals surface area contributed by atoms with Crippen LogP contribution in [0.15, 0.2) is 29.6 Å². The molecule has 0 aliphatic carbocycles. The smallest absolute Gasteiger partial charge is 0.260 e. The Hall–Kier alpha value is -3.24. The van der Waals surface area contributed by atoms with Gasteiger partial charge in [-0.25, -0.2) is 9.97 Å². The molecule has 1 aliphatic heterocycles. The van der Waals surface area contributed by atoms with Gasteiger partial charge >= 0.3 is 0 Å². The van der Waals surface area contributed by atoms with Crippen molar-refractivity contribution < 1.29 is 19.0 Å². The van der Waals surface area contributed by atoms with Crippen molar-refractivity contribution >= 4 is 39.5 Å². The minimum absolute atomic E-state index is 0.0144. The molecule has 1 fully saturated rings. The third-order valence-corrected chi connectivity index (χ3v) is 6.78. The predicted octanol–water partition coefficient (Wildman–Crippen LogP) is 3.78. The Morgan fingerprint density at radius 3 is 2.76 bits per heavy atom. The van der Waals surface area contributed by atoms with E-state index in [9.17, 15) is 4.79 Å². The van der Waals surface area contributed by atoms with E-state index >= 15 is 0 Å². The number of rotatable bonds is 7. The van der Waals surface area contributed by atoms with Gasteiger partial charge in [0.15, 0.2) is 23.9 Å².